The van der Waals surface area contributed by atoms with Gasteiger partial charge in [-0.1, -0.05) is 6.92 Å². The molecular weight excluding hydrogens is 122 g/mol. The van der Waals surface area contributed by atoms with Crippen molar-refractivity contribution in [2.75, 3.05) is 6.54 Å². The molecule has 0 aromatic carbocycles. The normalized spacial score (nSPS) is 12.1. The van der Waals surface area contributed by atoms with Crippen LogP contribution in [0.4, 0.5) is 0 Å². The smallest absolute Gasteiger partial charge is 0.308 e. The van der Waals surface area contributed by atoms with Crippen molar-refractivity contribution in [3.05, 3.63) is 0 Å². The van der Waals surface area contributed by atoms with Gasteiger partial charge in [-0.25, -0.2) is 0 Å². The van der Waals surface area contributed by atoms with Crippen LogP contribution in [0, 0.1) is 5.92 Å². The molecule has 1 unspecified atom stereocenters. The van der Waals surface area contributed by atoms with Gasteiger partial charge >= 0.3 is 5.97 Å². The number of carboxylic acid groups (broad SMARTS) is 1. The van der Waals surface area contributed by atoms with Crippen molar-refractivity contribution >= 4 is 12.4 Å². The summed E-state index contributed by atoms with van der Waals surface area (Å²) in [5, 5.41) is 10.5. The topological polar surface area (TPSA) is 66.4 Å². The summed E-state index contributed by atoms with van der Waals surface area (Å²) >= 11 is 0. The van der Waals surface area contributed by atoms with Gasteiger partial charge in [-0.2, -0.15) is 0 Å². The fraction of sp³-hybridized carbons (Fsp3) is 0.600. The summed E-state index contributed by atoms with van der Waals surface area (Å²) in [7, 11) is 0. The van der Waals surface area contributed by atoms with E-state index in [0.29, 0.717) is 6.41 Å². The van der Waals surface area contributed by atoms with Crippen LogP contribution < -0.4 is 5.32 Å². The van der Waals surface area contributed by atoms with Gasteiger partial charge in [0, 0.05) is 6.54 Å². The van der Waals surface area contributed by atoms with Gasteiger partial charge in [0.2, 0.25) is 6.41 Å². The second kappa shape index (κ2) is 3.88. The van der Waals surface area contributed by atoms with E-state index < -0.39 is 11.9 Å². The minimum Gasteiger partial charge on any atom is -0.481 e. The molecule has 0 aromatic rings. The Bertz CT molecular complexity index is 113. The zero-order valence-electron chi connectivity index (χ0n) is 5.13. The quantitative estimate of drug-likeness (QED) is 0.503. The minimum atomic E-state index is -0.899. The van der Waals surface area contributed by atoms with Crippen molar-refractivity contribution in [2.24, 2.45) is 5.92 Å². The molecule has 0 heterocycles. The van der Waals surface area contributed by atoms with E-state index in [9.17, 15) is 9.59 Å². The van der Waals surface area contributed by atoms with E-state index in [-0.39, 0.29) is 6.54 Å². The van der Waals surface area contributed by atoms with Crippen LogP contribution in [0.5, 0.6) is 0 Å². The molecule has 0 aromatic heterocycles. The third-order valence-corrected chi connectivity index (χ3v) is 0.929. The zero-order valence-corrected chi connectivity index (χ0v) is 5.13. The lowest BCUT2D eigenvalue weighted by Crippen LogP contribution is -2.24. The molecule has 0 saturated heterocycles. The van der Waals surface area contributed by atoms with E-state index in [4.69, 9.17) is 5.11 Å². The summed E-state index contributed by atoms with van der Waals surface area (Å²) < 4.78 is 0. The molecule has 0 spiro atoms. The number of rotatable bonds is 4. The number of carbonyl (C=O) groups is 2. The second-order valence-electron chi connectivity index (χ2n) is 1.77. The van der Waals surface area contributed by atoms with Crippen LogP contribution in [-0.4, -0.2) is 24.0 Å². The van der Waals surface area contributed by atoms with E-state index >= 15 is 0 Å². The molecule has 0 rings (SSSR count). The average molecular weight is 131 g/mol. The lowest BCUT2D eigenvalue weighted by Gasteiger charge is -2.01. The van der Waals surface area contributed by atoms with Gasteiger partial charge < -0.3 is 10.4 Å². The number of aliphatic carboxylic acids is 1. The molecule has 0 fully saturated rings. The van der Waals surface area contributed by atoms with Crippen molar-refractivity contribution in [3.63, 3.8) is 0 Å². The SMILES string of the molecule is CC(CNC=O)C(=O)O. The Morgan fingerprint density at radius 3 is 2.78 bits per heavy atom. The summed E-state index contributed by atoms with van der Waals surface area (Å²) in [5.74, 6) is -1.40. The monoisotopic (exact) mass is 131 g/mol. The highest BCUT2D eigenvalue weighted by molar-refractivity contribution is 5.70. The first-order valence-corrected chi connectivity index (χ1v) is 2.58. The molecule has 4 nitrogen and oxygen atoms in total. The van der Waals surface area contributed by atoms with E-state index in [1.54, 1.807) is 0 Å². The fourth-order valence-corrected chi connectivity index (χ4v) is 0.312. The summed E-state index contributed by atoms with van der Waals surface area (Å²) in [5.41, 5.74) is 0. The summed E-state index contributed by atoms with van der Waals surface area (Å²) in [6.07, 6.45) is 0.486. The van der Waals surface area contributed by atoms with Gasteiger partial charge in [0.1, 0.15) is 0 Å². The molecule has 2 N–H and O–H groups in total. The molecule has 0 bridgehead atoms. The van der Waals surface area contributed by atoms with E-state index in [1.807, 2.05) is 0 Å². The van der Waals surface area contributed by atoms with Crippen LogP contribution in [0.1, 0.15) is 6.92 Å². The highest BCUT2D eigenvalue weighted by Gasteiger charge is 2.08. The molecule has 9 heavy (non-hydrogen) atoms. The molecule has 1 amide bonds. The van der Waals surface area contributed by atoms with Crippen LogP contribution in [-0.2, 0) is 9.59 Å². The van der Waals surface area contributed by atoms with Crippen LogP contribution in [0.2, 0.25) is 0 Å². The lowest BCUT2D eigenvalue weighted by atomic mass is 10.2. The lowest BCUT2D eigenvalue weighted by molar-refractivity contribution is -0.140. The van der Waals surface area contributed by atoms with Crippen LogP contribution >= 0.6 is 0 Å². The molecule has 52 valence electrons. The predicted molar refractivity (Wildman–Crippen MR) is 30.9 cm³/mol. The van der Waals surface area contributed by atoms with Crippen molar-refractivity contribution in [3.8, 4) is 0 Å². The maximum absolute atomic E-state index is 10.0. The third-order valence-electron chi connectivity index (χ3n) is 0.929. The molecule has 0 aliphatic rings. The largest absolute Gasteiger partial charge is 0.481 e. The first-order chi connectivity index (χ1) is 4.18. The molecule has 0 saturated carbocycles. The van der Waals surface area contributed by atoms with Gasteiger partial charge in [-0.15, -0.1) is 0 Å². The fourth-order valence-electron chi connectivity index (χ4n) is 0.312. The van der Waals surface area contributed by atoms with E-state index in [2.05, 4.69) is 5.32 Å². The maximum Gasteiger partial charge on any atom is 0.308 e. The summed E-state index contributed by atoms with van der Waals surface area (Å²) in [6, 6.07) is 0. The van der Waals surface area contributed by atoms with Gasteiger partial charge in [-0.05, 0) is 0 Å². The summed E-state index contributed by atoms with van der Waals surface area (Å²) in [4.78, 5) is 19.7. The number of carboxylic acids is 1. The summed E-state index contributed by atoms with van der Waals surface area (Å²) in [6.45, 7) is 1.72. The van der Waals surface area contributed by atoms with Crippen LogP contribution in [0.3, 0.4) is 0 Å². The number of amides is 1. The Morgan fingerprint density at radius 1 is 1.89 bits per heavy atom. The molecule has 4 heteroatoms. The number of nitrogens with one attached hydrogen (secondary N) is 1. The number of carbonyl (C=O) groups excluding carboxylic acids is 1. The Balaban J connectivity index is 3.37. The standard InChI is InChI=1S/C5H9NO3/c1-4(5(8)9)2-6-3-7/h3-4H,2H2,1H3,(H,6,7)(H,8,9). The molecule has 0 radical (unpaired) electrons. The van der Waals surface area contributed by atoms with Gasteiger partial charge in [0.25, 0.3) is 0 Å². The Hall–Kier alpha value is -1.06. The molecular formula is C5H9NO3. The third kappa shape index (κ3) is 3.52. The first-order valence-electron chi connectivity index (χ1n) is 2.58. The van der Waals surface area contributed by atoms with Crippen molar-refractivity contribution in [1.82, 2.24) is 5.32 Å². The van der Waals surface area contributed by atoms with E-state index in [1.165, 1.54) is 6.92 Å². The predicted octanol–water partition coefficient (Wildman–Crippen LogP) is -0.547. The molecule has 0 aliphatic heterocycles. The molecule has 0 aliphatic carbocycles. The maximum atomic E-state index is 10.0. The highest BCUT2D eigenvalue weighted by Crippen LogP contribution is 1.89. The molecule has 1 atom stereocenters. The highest BCUT2D eigenvalue weighted by atomic mass is 16.4. The minimum absolute atomic E-state index is 0.193. The Morgan fingerprint density at radius 2 is 2.44 bits per heavy atom. The zero-order chi connectivity index (χ0) is 7.28. The van der Waals surface area contributed by atoms with Gasteiger partial charge in [-0.3, -0.25) is 9.59 Å². The van der Waals surface area contributed by atoms with E-state index in [0.717, 1.165) is 0 Å². The Labute approximate surface area is 52.9 Å². The number of hydrogen-bond donors (Lipinski definition) is 2. The Kier molecular flexibility index (Phi) is 3.43. The van der Waals surface area contributed by atoms with Crippen molar-refractivity contribution in [2.45, 2.75) is 6.92 Å². The van der Waals surface area contributed by atoms with Gasteiger partial charge in [0.15, 0.2) is 0 Å². The van der Waals surface area contributed by atoms with Crippen molar-refractivity contribution in [1.29, 1.82) is 0 Å². The number of hydrogen-bond acceptors (Lipinski definition) is 2. The van der Waals surface area contributed by atoms with Crippen molar-refractivity contribution < 1.29 is 14.7 Å². The van der Waals surface area contributed by atoms with Crippen LogP contribution in [0.15, 0.2) is 0 Å². The van der Waals surface area contributed by atoms with Crippen LogP contribution in [0.25, 0.3) is 0 Å². The second-order valence-corrected chi connectivity index (χ2v) is 1.77. The van der Waals surface area contributed by atoms with Gasteiger partial charge in [0.05, 0.1) is 5.92 Å². The average Bonchev–Trinajstić information content (AvgIpc) is 1.82. The first kappa shape index (κ1) is 7.94.